The minimum atomic E-state index is -1.57. The Morgan fingerprint density at radius 2 is 1.61 bits per heavy atom. The molecule has 8 rings (SSSR count). The lowest BCUT2D eigenvalue weighted by Crippen LogP contribution is -2.53. The zero-order valence-corrected chi connectivity index (χ0v) is 30.2. The van der Waals surface area contributed by atoms with E-state index in [9.17, 15) is 19.5 Å². The summed E-state index contributed by atoms with van der Waals surface area (Å²) in [5.74, 6) is -5.13. The monoisotopic (exact) mass is 785 g/mol. The van der Waals surface area contributed by atoms with Gasteiger partial charge in [-0.2, -0.15) is 5.01 Å². The first kappa shape index (κ1) is 33.5. The molecule has 1 saturated carbocycles. The number of rotatable bonds is 6. The van der Waals surface area contributed by atoms with Crippen LogP contribution in [0.1, 0.15) is 29.9 Å². The zero-order valence-electron chi connectivity index (χ0n) is 27.1. The van der Waals surface area contributed by atoms with Crippen molar-refractivity contribution in [2.75, 3.05) is 17.4 Å². The Labute approximate surface area is 311 Å². The highest BCUT2D eigenvalue weighted by Crippen LogP contribution is 2.65. The Morgan fingerprint density at radius 1 is 0.882 bits per heavy atom. The van der Waals surface area contributed by atoms with Gasteiger partial charge >= 0.3 is 0 Å². The Kier molecular flexibility index (Phi) is 8.24. The van der Waals surface area contributed by atoms with Crippen LogP contribution in [0.25, 0.3) is 0 Å². The van der Waals surface area contributed by atoms with Crippen LogP contribution in [-0.2, 0) is 24.6 Å². The van der Waals surface area contributed by atoms with Crippen LogP contribution in [0.4, 0.5) is 11.4 Å². The number of hydrogen-bond donors (Lipinski definition) is 2. The van der Waals surface area contributed by atoms with E-state index in [1.165, 1.54) is 11.0 Å². The molecule has 0 bridgehead atoms. The third-order valence-corrected chi connectivity index (χ3v) is 12.0. The van der Waals surface area contributed by atoms with E-state index in [1.54, 1.807) is 92.0 Å². The van der Waals surface area contributed by atoms with E-state index in [0.29, 0.717) is 33.3 Å². The molecule has 3 fully saturated rings. The molecule has 6 unspecified atom stereocenters. The number of imide groups is 2. The van der Waals surface area contributed by atoms with Crippen molar-refractivity contribution in [3.05, 3.63) is 128 Å². The summed E-state index contributed by atoms with van der Waals surface area (Å²) in [5.41, 5.74) is 3.87. The Morgan fingerprint density at radius 3 is 2.29 bits per heavy atom. The predicted molar refractivity (Wildman–Crippen MR) is 195 cm³/mol. The Bertz CT molecular complexity index is 2160. The van der Waals surface area contributed by atoms with Crippen molar-refractivity contribution >= 4 is 74.1 Å². The van der Waals surface area contributed by atoms with Crippen LogP contribution < -0.4 is 15.1 Å². The topological polar surface area (TPSA) is 116 Å². The first-order valence-corrected chi connectivity index (χ1v) is 18.0. The first-order chi connectivity index (χ1) is 24.6. The molecular formula is C39H30BrCl2N3O6. The molecule has 2 aliphatic carbocycles. The number of carbonyl (C=O) groups excluding carboxylic acids is 4. The molecule has 2 N–H and O–H groups in total. The Balaban J connectivity index is 1.33. The number of nitrogens with zero attached hydrogens (tertiary/aromatic N) is 2. The first-order valence-electron chi connectivity index (χ1n) is 16.4. The number of allylic oxidation sites excluding steroid dienone is 2. The number of hydrazine groups is 1. The number of anilines is 2. The third-order valence-electron chi connectivity index (χ3n) is 10.9. The second kappa shape index (κ2) is 12.5. The van der Waals surface area contributed by atoms with Gasteiger partial charge in [0.15, 0.2) is 0 Å². The lowest BCUT2D eigenvalue weighted by Gasteiger charge is -2.50. The molecule has 0 aromatic heterocycles. The van der Waals surface area contributed by atoms with Gasteiger partial charge in [0, 0.05) is 21.0 Å². The lowest BCUT2D eigenvalue weighted by molar-refractivity contribution is -0.138. The second-order valence-corrected chi connectivity index (χ2v) is 15.0. The number of aromatic hydroxyl groups is 1. The maximum atomic E-state index is 15.3. The molecule has 4 aromatic carbocycles. The molecular weight excluding hydrogens is 757 g/mol. The molecule has 0 spiro atoms. The van der Waals surface area contributed by atoms with Crippen molar-refractivity contribution < 1.29 is 29.0 Å². The number of fused-ring (bicyclic) bond motifs is 4. The molecule has 4 aromatic rings. The van der Waals surface area contributed by atoms with Crippen molar-refractivity contribution in [3.8, 4) is 11.5 Å². The molecule has 2 aliphatic heterocycles. The molecule has 12 heteroatoms. The third kappa shape index (κ3) is 5.02. The fraction of sp³-hybridized carbons (Fsp3) is 0.231. The molecule has 0 radical (unpaired) electrons. The van der Waals surface area contributed by atoms with Crippen LogP contribution in [0.2, 0.25) is 10.0 Å². The molecule has 258 valence electrons. The molecule has 9 nitrogen and oxygen atoms in total. The van der Waals surface area contributed by atoms with Crippen LogP contribution >= 0.6 is 39.1 Å². The van der Waals surface area contributed by atoms with Crippen molar-refractivity contribution in [3.63, 3.8) is 0 Å². The predicted octanol–water partition coefficient (Wildman–Crippen LogP) is 7.66. The molecule has 4 aliphatic rings. The number of halogens is 3. The van der Waals surface area contributed by atoms with Crippen molar-refractivity contribution in [1.82, 2.24) is 5.01 Å². The average molecular weight is 787 g/mol. The van der Waals surface area contributed by atoms with E-state index in [-0.39, 0.29) is 35.4 Å². The summed E-state index contributed by atoms with van der Waals surface area (Å²) < 4.78 is 6.25. The van der Waals surface area contributed by atoms with Gasteiger partial charge in [0.25, 0.3) is 11.8 Å². The number of hydrogen-bond acceptors (Lipinski definition) is 7. The number of amides is 4. The number of methoxy groups -OCH3 is 1. The summed E-state index contributed by atoms with van der Waals surface area (Å²) in [5, 5.41) is 13.1. The van der Waals surface area contributed by atoms with Gasteiger partial charge in [-0.15, -0.1) is 0 Å². The van der Waals surface area contributed by atoms with Gasteiger partial charge in [-0.05, 0) is 85.0 Å². The normalized spacial score (nSPS) is 26.8. The fourth-order valence-electron chi connectivity index (χ4n) is 8.76. The van der Waals surface area contributed by atoms with Gasteiger partial charge in [-0.3, -0.25) is 29.5 Å². The van der Waals surface area contributed by atoms with Gasteiger partial charge in [0.1, 0.15) is 11.5 Å². The molecule has 51 heavy (non-hydrogen) atoms. The maximum absolute atomic E-state index is 15.3. The van der Waals surface area contributed by atoms with E-state index in [2.05, 4.69) is 21.4 Å². The van der Waals surface area contributed by atoms with Gasteiger partial charge in [-0.25, -0.2) is 0 Å². The van der Waals surface area contributed by atoms with Gasteiger partial charge in [0.2, 0.25) is 11.8 Å². The Hall–Kier alpha value is -4.64. The fourth-order valence-corrected chi connectivity index (χ4v) is 9.48. The van der Waals surface area contributed by atoms with Crippen LogP contribution in [-0.4, -0.2) is 40.9 Å². The highest BCUT2D eigenvalue weighted by Gasteiger charge is 2.70. The highest BCUT2D eigenvalue weighted by molar-refractivity contribution is 9.10. The van der Waals surface area contributed by atoms with Crippen molar-refractivity contribution in [2.45, 2.75) is 24.2 Å². The molecule has 6 atom stereocenters. The maximum Gasteiger partial charge on any atom is 0.260 e. The SMILES string of the molecule is COc1ccc(C23C(=O)N(Nc4ccc(Cl)cc4Cl)C(=O)C2CC2C(=CCC4C(=O)N(c5ccc(Br)cc5)C(=O)C42)C3c2ccccc2O)cc1. The van der Waals surface area contributed by atoms with Crippen LogP contribution in [0.5, 0.6) is 11.5 Å². The number of nitrogens with one attached hydrogen (secondary N) is 1. The minimum absolute atomic E-state index is 0.0597. The van der Waals surface area contributed by atoms with Crippen LogP contribution in [0, 0.1) is 23.7 Å². The number of phenols is 1. The summed E-state index contributed by atoms with van der Waals surface area (Å²) in [6.45, 7) is 0. The number of benzene rings is 4. The van der Waals surface area contributed by atoms with Gasteiger partial charge in [0.05, 0.1) is 46.7 Å². The van der Waals surface area contributed by atoms with E-state index < -0.39 is 46.8 Å². The van der Waals surface area contributed by atoms with E-state index in [0.717, 1.165) is 15.1 Å². The van der Waals surface area contributed by atoms with Crippen LogP contribution in [0.15, 0.2) is 107 Å². The largest absolute Gasteiger partial charge is 0.508 e. The summed E-state index contributed by atoms with van der Waals surface area (Å²) >= 11 is 16.1. The minimum Gasteiger partial charge on any atom is -0.508 e. The lowest BCUT2D eigenvalue weighted by atomic mass is 9.49. The summed E-state index contributed by atoms with van der Waals surface area (Å²) in [7, 11) is 1.54. The van der Waals surface area contributed by atoms with E-state index in [4.69, 9.17) is 27.9 Å². The molecule has 2 heterocycles. The standard InChI is InChI=1S/C39H30BrCl2N3O6/c1-51-24-13-6-20(7-14-24)39-29(36(48)45(38(39)50)43-31-17-10-22(41)18-30(31)42)19-28-25(34(39)26-4-2-3-5-32(26)46)15-16-27-33(28)37(49)44(35(27)47)23-11-8-21(40)9-12-23/h2-15,17-18,27-29,33-34,43,46H,16,19H2,1H3. The summed E-state index contributed by atoms with van der Waals surface area (Å²) in [6.07, 6.45) is 2.31. The highest BCUT2D eigenvalue weighted by atomic mass is 79.9. The number of ether oxygens (including phenoxy) is 1. The smallest absolute Gasteiger partial charge is 0.260 e. The quantitative estimate of drug-likeness (QED) is 0.152. The van der Waals surface area contributed by atoms with Crippen LogP contribution in [0.3, 0.4) is 0 Å². The number of phenolic OH excluding ortho intramolecular Hbond substituents is 1. The number of para-hydroxylation sites is 1. The zero-order chi connectivity index (χ0) is 35.8. The molecule has 2 saturated heterocycles. The van der Waals surface area contributed by atoms with E-state index in [1.807, 2.05) is 6.08 Å². The van der Waals surface area contributed by atoms with Crippen molar-refractivity contribution in [1.29, 1.82) is 0 Å². The van der Waals surface area contributed by atoms with Crippen molar-refractivity contribution in [2.24, 2.45) is 23.7 Å². The summed E-state index contributed by atoms with van der Waals surface area (Å²) in [4.78, 5) is 59.8. The second-order valence-electron chi connectivity index (χ2n) is 13.3. The number of carbonyl (C=O) groups is 4. The van der Waals surface area contributed by atoms with Gasteiger partial charge < -0.3 is 9.84 Å². The van der Waals surface area contributed by atoms with E-state index >= 15 is 4.79 Å². The summed E-state index contributed by atoms with van der Waals surface area (Å²) in [6, 6.07) is 25.4. The molecule has 4 amide bonds. The average Bonchev–Trinajstić information content (AvgIpc) is 3.51. The van der Waals surface area contributed by atoms with Gasteiger partial charge in [-0.1, -0.05) is 81.1 Å².